The number of rotatable bonds is 34. The molecular formula is C56H94N16O14. The van der Waals surface area contributed by atoms with Gasteiger partial charge in [0.05, 0.1) is 19.3 Å². The lowest BCUT2D eigenvalue weighted by Gasteiger charge is -2.31. The van der Waals surface area contributed by atoms with Crippen LogP contribution in [-0.4, -0.2) is 180 Å². The Balaban J connectivity index is 2.36. The fraction of sp³-hybridized carbons (Fsp3) is 0.661. The highest BCUT2D eigenvalue weighted by atomic mass is 16.3. The number of aliphatic hydroxyl groups excluding tert-OH is 2. The fourth-order valence-electron chi connectivity index (χ4n) is 8.77. The van der Waals surface area contributed by atoms with E-state index in [9.17, 15) is 67.7 Å². The van der Waals surface area contributed by atoms with Gasteiger partial charge in [0.15, 0.2) is 5.96 Å². The number of hydrogen-bond donors (Lipinski definition) is 17. The molecule has 0 aromatic heterocycles. The van der Waals surface area contributed by atoms with Gasteiger partial charge in [-0.3, -0.25) is 62.5 Å². The van der Waals surface area contributed by atoms with Crippen LogP contribution in [0.15, 0.2) is 35.3 Å². The summed E-state index contributed by atoms with van der Waals surface area (Å²) < 4.78 is 0. The molecule has 86 heavy (non-hydrogen) atoms. The van der Waals surface area contributed by atoms with Crippen molar-refractivity contribution < 1.29 is 67.7 Å². The van der Waals surface area contributed by atoms with Crippen LogP contribution >= 0.6 is 0 Å². The van der Waals surface area contributed by atoms with Crippen molar-refractivity contribution in [1.29, 1.82) is 0 Å². The van der Waals surface area contributed by atoms with Gasteiger partial charge in [0.25, 0.3) is 0 Å². The van der Waals surface area contributed by atoms with Crippen molar-refractivity contribution in [3.05, 3.63) is 35.9 Å². The van der Waals surface area contributed by atoms with Gasteiger partial charge in [-0.15, -0.1) is 0 Å². The number of nitrogens with zero attached hydrogens (tertiary/aromatic N) is 1. The number of carbonyl (C=O) groups is 12. The van der Waals surface area contributed by atoms with E-state index in [1.54, 1.807) is 71.9 Å². The van der Waals surface area contributed by atoms with Gasteiger partial charge in [-0.25, -0.2) is 0 Å². The first-order valence-corrected chi connectivity index (χ1v) is 29.3. The lowest BCUT2D eigenvalue weighted by molar-refractivity contribution is -0.137. The SMILES string of the molecule is CCCC[C@@H]1NC(=O)[C@H](CCCN=C(N)N)NC(=O)[C@H](C)NC(=O)[C@H](NC(=O)[C@H](CO)NC(=O)[C@@H](NC(=O)[C@H](NC(=O)[C@@H](CCC(N)=O)NC(=O)[C@H](CO)NC(=O)[C@@H](NC(=O)[C@H](N)Cc2ccccc2)[C@@H](C)CC)[C@@H](C)CC)[C@@H](C)CC)CNC1=O. The molecule has 1 heterocycles. The summed E-state index contributed by atoms with van der Waals surface area (Å²) in [7, 11) is 0. The Bertz CT molecular complexity index is 2490. The number of aliphatic hydroxyl groups is 2. The standard InChI is InChI=1S/C56H94N16O14/c1-9-13-20-35-47(78)62-26-38(50(81)63-32(8)45(76)64-36(48(79)65-35)21-17-24-61-56(59)60)67-52(83)40(28-74)69-54(85)43(30(6)11-3)72-55(86)44(31(7)12-4)71-49(80)37(22-23-41(58)75)66-51(82)39(27-73)68-53(84)42(29(5)10-2)70-46(77)34(57)25-33-18-15-14-16-19-33/h14-16,18-19,29-32,34-40,42-44,73-74H,9-13,17,20-28,57H2,1-8H3,(H2,58,75)(H,62,78)(H,63,81)(H,64,76)(H,65,79)(H,66,82)(H,67,83)(H,68,84)(H,69,85)(H,70,77)(H,71,80)(H,72,86)(H4,59,60,61)/t29-,30-,31-,32-,34+,35-,36-,37+,38+,39-,40-,42-,43-,44+/m0/s1. The Hall–Kier alpha value is -7.99. The number of benzene rings is 1. The smallest absolute Gasteiger partial charge is 0.245 e. The molecule has 0 saturated carbocycles. The van der Waals surface area contributed by atoms with Gasteiger partial charge in [-0.2, -0.15) is 0 Å². The maximum absolute atomic E-state index is 14.3. The molecule has 1 saturated heterocycles. The third kappa shape index (κ3) is 24.9. The number of nitrogens with two attached hydrogens (primary N) is 4. The summed E-state index contributed by atoms with van der Waals surface area (Å²) in [6, 6.07) is -6.49. The molecule has 21 N–H and O–H groups in total. The molecule has 1 aromatic rings. The van der Waals surface area contributed by atoms with Crippen molar-refractivity contribution in [2.24, 2.45) is 45.7 Å². The van der Waals surface area contributed by atoms with Crippen molar-refractivity contribution in [2.45, 2.75) is 192 Å². The van der Waals surface area contributed by atoms with E-state index >= 15 is 0 Å². The van der Waals surface area contributed by atoms with E-state index in [1.165, 1.54) is 6.92 Å². The highest BCUT2D eigenvalue weighted by Crippen LogP contribution is 2.15. The second kappa shape index (κ2) is 38.1. The molecule has 1 fully saturated rings. The molecule has 482 valence electrons. The number of hydrogen-bond acceptors (Lipinski definition) is 16. The number of nitrogens with one attached hydrogen (secondary N) is 11. The van der Waals surface area contributed by atoms with Crippen LogP contribution < -0.4 is 81.4 Å². The third-order valence-electron chi connectivity index (χ3n) is 14.9. The van der Waals surface area contributed by atoms with Crippen LogP contribution in [0.5, 0.6) is 0 Å². The number of carbonyl (C=O) groups excluding carboxylic acids is 12. The van der Waals surface area contributed by atoms with E-state index < -0.39 is 188 Å². The van der Waals surface area contributed by atoms with Crippen molar-refractivity contribution >= 4 is 76.8 Å². The number of primary amides is 1. The van der Waals surface area contributed by atoms with Gasteiger partial charge >= 0.3 is 0 Å². The third-order valence-corrected chi connectivity index (χ3v) is 14.9. The van der Waals surface area contributed by atoms with Crippen LogP contribution in [0.2, 0.25) is 0 Å². The van der Waals surface area contributed by atoms with E-state index in [-0.39, 0.29) is 51.0 Å². The quantitative estimate of drug-likeness (QED) is 0.0175. The summed E-state index contributed by atoms with van der Waals surface area (Å²) in [4.78, 5) is 168. The lowest BCUT2D eigenvalue weighted by atomic mass is 9.94. The van der Waals surface area contributed by atoms with Crippen molar-refractivity contribution in [3.8, 4) is 0 Å². The molecule has 0 radical (unpaired) electrons. The lowest BCUT2D eigenvalue weighted by Crippen LogP contribution is -2.63. The summed E-state index contributed by atoms with van der Waals surface area (Å²) in [5, 5.41) is 48.6. The van der Waals surface area contributed by atoms with E-state index in [0.29, 0.717) is 19.3 Å². The Kier molecular flexibility index (Phi) is 32.9. The van der Waals surface area contributed by atoms with Gasteiger partial charge in [-0.1, -0.05) is 111 Å². The predicted molar refractivity (Wildman–Crippen MR) is 317 cm³/mol. The Morgan fingerprint density at radius 1 is 0.593 bits per heavy atom. The minimum absolute atomic E-state index is 0.0540. The molecule has 0 bridgehead atoms. The highest BCUT2D eigenvalue weighted by molar-refractivity contribution is 6.00. The second-order valence-corrected chi connectivity index (χ2v) is 21.7. The van der Waals surface area contributed by atoms with Crippen LogP contribution in [-0.2, 0) is 64.0 Å². The topological polar surface area (TPSA) is 494 Å². The zero-order valence-electron chi connectivity index (χ0n) is 50.6. The summed E-state index contributed by atoms with van der Waals surface area (Å²) in [6.07, 6.45) is 1.84. The van der Waals surface area contributed by atoms with Gasteiger partial charge in [-0.05, 0) is 62.3 Å². The van der Waals surface area contributed by atoms with E-state index in [4.69, 9.17) is 22.9 Å². The molecule has 1 aromatic carbocycles. The van der Waals surface area contributed by atoms with Gasteiger partial charge in [0.1, 0.15) is 60.4 Å². The first-order valence-electron chi connectivity index (χ1n) is 29.3. The molecule has 1 aliphatic rings. The Labute approximate surface area is 502 Å². The minimum Gasteiger partial charge on any atom is -0.394 e. The Morgan fingerprint density at radius 3 is 1.57 bits per heavy atom. The maximum atomic E-state index is 14.3. The molecule has 30 nitrogen and oxygen atoms in total. The van der Waals surface area contributed by atoms with Crippen molar-refractivity contribution in [3.63, 3.8) is 0 Å². The van der Waals surface area contributed by atoms with Crippen LogP contribution in [0.4, 0.5) is 0 Å². The normalized spacial score (nSPS) is 20.0. The van der Waals surface area contributed by atoms with Crippen LogP contribution in [0, 0.1) is 17.8 Å². The molecule has 0 unspecified atom stereocenters. The first-order chi connectivity index (χ1) is 40.7. The minimum atomic E-state index is -1.79. The molecule has 0 spiro atoms. The zero-order chi connectivity index (χ0) is 64.8. The summed E-state index contributed by atoms with van der Waals surface area (Å²) in [5.74, 6) is -12.6. The maximum Gasteiger partial charge on any atom is 0.245 e. The molecule has 12 amide bonds. The van der Waals surface area contributed by atoms with Crippen LogP contribution in [0.3, 0.4) is 0 Å². The molecular weight excluding hydrogens is 1120 g/mol. The summed E-state index contributed by atoms with van der Waals surface area (Å²) in [5.41, 5.74) is 23.2. The van der Waals surface area contributed by atoms with E-state index in [0.717, 1.165) is 5.56 Å². The van der Waals surface area contributed by atoms with Crippen molar-refractivity contribution in [2.75, 3.05) is 26.3 Å². The number of amides is 12. The second-order valence-electron chi connectivity index (χ2n) is 21.7. The molecule has 14 atom stereocenters. The average molecular weight is 1220 g/mol. The number of aliphatic imine (C=N–C) groups is 1. The zero-order valence-corrected chi connectivity index (χ0v) is 50.6. The first kappa shape index (κ1) is 74.1. The largest absolute Gasteiger partial charge is 0.394 e. The monoisotopic (exact) mass is 1210 g/mol. The van der Waals surface area contributed by atoms with Gasteiger partial charge < -0.3 is 91.6 Å². The predicted octanol–water partition coefficient (Wildman–Crippen LogP) is -4.81. The molecule has 1 aliphatic heterocycles. The van der Waals surface area contributed by atoms with E-state index in [1.807, 2.05) is 6.92 Å². The van der Waals surface area contributed by atoms with Crippen LogP contribution in [0.25, 0.3) is 0 Å². The highest BCUT2D eigenvalue weighted by Gasteiger charge is 2.38. The number of unbranched alkanes of at least 4 members (excludes halogenated alkanes) is 1. The van der Waals surface area contributed by atoms with Crippen LogP contribution in [0.1, 0.15) is 125 Å². The molecule has 30 heteroatoms. The van der Waals surface area contributed by atoms with E-state index in [2.05, 4.69) is 63.5 Å². The average Bonchev–Trinajstić information content (AvgIpc) is 3.26. The number of guanidine groups is 1. The Morgan fingerprint density at radius 2 is 1.06 bits per heavy atom. The van der Waals surface area contributed by atoms with Gasteiger partial charge in [0, 0.05) is 19.5 Å². The molecule has 2 rings (SSSR count). The van der Waals surface area contributed by atoms with Gasteiger partial charge in [0.2, 0.25) is 70.9 Å². The fourth-order valence-corrected chi connectivity index (χ4v) is 8.77. The summed E-state index contributed by atoms with van der Waals surface area (Å²) in [6.45, 7) is 10.8. The molecule has 0 aliphatic carbocycles. The van der Waals surface area contributed by atoms with Crippen molar-refractivity contribution in [1.82, 2.24) is 58.5 Å². The summed E-state index contributed by atoms with van der Waals surface area (Å²) >= 11 is 0.